The summed E-state index contributed by atoms with van der Waals surface area (Å²) >= 11 is 4.19. The fourth-order valence-electron chi connectivity index (χ4n) is 3.28. The summed E-state index contributed by atoms with van der Waals surface area (Å²) < 4.78 is 0. The standard InChI is InChI=1S/C13H26N2S2/c1-11-8-16-7-5-15(11)13(9-14)10-17-6-4-12(13,2)3/h11H,4-10,14H2,1-3H3. The van der Waals surface area contributed by atoms with Gasteiger partial charge in [-0.1, -0.05) is 13.8 Å². The third kappa shape index (κ3) is 2.38. The SMILES string of the molecule is CC1CSCCN1C1(CN)CSCCC1(C)C. The quantitative estimate of drug-likeness (QED) is 0.836. The van der Waals surface area contributed by atoms with E-state index in [2.05, 4.69) is 49.2 Å². The van der Waals surface area contributed by atoms with Gasteiger partial charge in [0.15, 0.2) is 0 Å². The maximum atomic E-state index is 6.25. The summed E-state index contributed by atoms with van der Waals surface area (Å²) in [4.78, 5) is 2.73. The monoisotopic (exact) mass is 274 g/mol. The van der Waals surface area contributed by atoms with Crippen molar-refractivity contribution in [1.82, 2.24) is 4.90 Å². The molecular formula is C13H26N2S2. The van der Waals surface area contributed by atoms with Gasteiger partial charge in [0.1, 0.15) is 0 Å². The van der Waals surface area contributed by atoms with Gasteiger partial charge in [-0.15, -0.1) is 0 Å². The van der Waals surface area contributed by atoms with Crippen molar-refractivity contribution in [2.24, 2.45) is 11.1 Å². The van der Waals surface area contributed by atoms with Crippen LogP contribution in [0.15, 0.2) is 0 Å². The molecule has 2 heterocycles. The largest absolute Gasteiger partial charge is 0.329 e. The normalized spacial score (nSPS) is 39.2. The van der Waals surface area contributed by atoms with Gasteiger partial charge in [0, 0.05) is 41.9 Å². The molecule has 0 aromatic rings. The average Bonchev–Trinajstić information content (AvgIpc) is 2.30. The van der Waals surface area contributed by atoms with Gasteiger partial charge in [-0.3, -0.25) is 4.90 Å². The predicted octanol–water partition coefficient (Wildman–Crippen LogP) is 2.28. The van der Waals surface area contributed by atoms with Crippen LogP contribution < -0.4 is 5.73 Å². The summed E-state index contributed by atoms with van der Waals surface area (Å²) in [7, 11) is 0. The van der Waals surface area contributed by atoms with Crippen molar-refractivity contribution in [2.45, 2.75) is 38.8 Å². The van der Waals surface area contributed by atoms with E-state index < -0.39 is 0 Å². The molecular weight excluding hydrogens is 248 g/mol. The van der Waals surface area contributed by atoms with Gasteiger partial charge in [-0.05, 0) is 24.5 Å². The highest BCUT2D eigenvalue weighted by Crippen LogP contribution is 2.47. The first-order chi connectivity index (χ1) is 8.03. The first-order valence-electron chi connectivity index (χ1n) is 6.66. The van der Waals surface area contributed by atoms with Crippen LogP contribution in [0, 0.1) is 5.41 Å². The van der Waals surface area contributed by atoms with Crippen LogP contribution in [-0.2, 0) is 0 Å². The molecule has 0 bridgehead atoms. The molecule has 0 amide bonds. The van der Waals surface area contributed by atoms with E-state index in [4.69, 9.17) is 5.73 Å². The van der Waals surface area contributed by atoms with Gasteiger partial charge in [-0.25, -0.2) is 0 Å². The second-order valence-electron chi connectivity index (χ2n) is 6.04. The Morgan fingerprint density at radius 2 is 2.06 bits per heavy atom. The highest BCUT2D eigenvalue weighted by atomic mass is 32.2. The summed E-state index contributed by atoms with van der Waals surface area (Å²) in [5, 5.41) is 0. The zero-order valence-electron chi connectivity index (χ0n) is 11.4. The van der Waals surface area contributed by atoms with Gasteiger partial charge < -0.3 is 5.73 Å². The topological polar surface area (TPSA) is 29.3 Å². The molecule has 2 aliphatic rings. The van der Waals surface area contributed by atoms with Gasteiger partial charge in [0.05, 0.1) is 0 Å². The van der Waals surface area contributed by atoms with Crippen LogP contribution in [0.25, 0.3) is 0 Å². The van der Waals surface area contributed by atoms with E-state index in [0.29, 0.717) is 11.5 Å². The Balaban J connectivity index is 2.27. The minimum absolute atomic E-state index is 0.219. The number of nitrogens with two attached hydrogens (primary N) is 1. The lowest BCUT2D eigenvalue weighted by Crippen LogP contribution is -2.69. The second-order valence-corrected chi connectivity index (χ2v) is 8.29. The fourth-order valence-corrected chi connectivity index (χ4v) is 6.11. The van der Waals surface area contributed by atoms with E-state index in [9.17, 15) is 0 Å². The molecule has 0 saturated carbocycles. The van der Waals surface area contributed by atoms with Crippen molar-refractivity contribution in [3.63, 3.8) is 0 Å². The number of hydrogen-bond donors (Lipinski definition) is 1. The molecule has 0 aromatic heterocycles. The molecule has 2 unspecified atom stereocenters. The minimum Gasteiger partial charge on any atom is -0.329 e. The Morgan fingerprint density at radius 1 is 1.29 bits per heavy atom. The van der Waals surface area contributed by atoms with Gasteiger partial charge in [-0.2, -0.15) is 23.5 Å². The summed E-state index contributed by atoms with van der Waals surface area (Å²) in [6.07, 6.45) is 1.30. The van der Waals surface area contributed by atoms with Crippen molar-refractivity contribution in [2.75, 3.05) is 36.1 Å². The Kier molecular flexibility index (Phi) is 4.39. The summed E-state index contributed by atoms with van der Waals surface area (Å²) in [5.41, 5.74) is 6.81. The van der Waals surface area contributed by atoms with Gasteiger partial charge >= 0.3 is 0 Å². The van der Waals surface area contributed by atoms with Gasteiger partial charge in [0.25, 0.3) is 0 Å². The van der Waals surface area contributed by atoms with Crippen LogP contribution in [0.1, 0.15) is 27.2 Å². The van der Waals surface area contributed by atoms with Crippen molar-refractivity contribution in [3.8, 4) is 0 Å². The third-order valence-electron chi connectivity index (χ3n) is 4.73. The molecule has 0 aromatic carbocycles. The van der Waals surface area contributed by atoms with E-state index >= 15 is 0 Å². The Morgan fingerprint density at radius 3 is 2.65 bits per heavy atom. The molecule has 0 spiro atoms. The van der Waals surface area contributed by atoms with E-state index in [1.165, 1.54) is 36.0 Å². The molecule has 2 N–H and O–H groups in total. The Bertz CT molecular complexity index is 270. The second kappa shape index (κ2) is 5.32. The molecule has 2 rings (SSSR count). The lowest BCUT2D eigenvalue weighted by molar-refractivity contribution is -0.0159. The highest BCUT2D eigenvalue weighted by molar-refractivity contribution is 7.99. The van der Waals surface area contributed by atoms with Crippen LogP contribution in [0.5, 0.6) is 0 Å². The summed E-state index contributed by atoms with van der Waals surface area (Å²) in [5.74, 6) is 5.05. The Labute approximate surface area is 114 Å². The maximum absolute atomic E-state index is 6.25. The predicted molar refractivity (Wildman–Crippen MR) is 81.0 cm³/mol. The molecule has 17 heavy (non-hydrogen) atoms. The lowest BCUT2D eigenvalue weighted by Gasteiger charge is -2.58. The third-order valence-corrected chi connectivity index (χ3v) is 7.09. The van der Waals surface area contributed by atoms with Crippen LogP contribution in [0.4, 0.5) is 0 Å². The van der Waals surface area contributed by atoms with E-state index in [0.717, 1.165) is 6.54 Å². The van der Waals surface area contributed by atoms with Crippen molar-refractivity contribution >= 4 is 23.5 Å². The van der Waals surface area contributed by atoms with Crippen molar-refractivity contribution in [1.29, 1.82) is 0 Å². The molecule has 4 heteroatoms. The van der Waals surface area contributed by atoms with Gasteiger partial charge in [0.2, 0.25) is 0 Å². The lowest BCUT2D eigenvalue weighted by atomic mass is 9.69. The van der Waals surface area contributed by atoms with Crippen molar-refractivity contribution in [3.05, 3.63) is 0 Å². The van der Waals surface area contributed by atoms with Crippen molar-refractivity contribution < 1.29 is 0 Å². The zero-order chi connectivity index (χ0) is 12.5. The van der Waals surface area contributed by atoms with E-state index in [1.807, 2.05) is 0 Å². The smallest absolute Gasteiger partial charge is 0.0476 e. The maximum Gasteiger partial charge on any atom is 0.0476 e. The molecule has 2 atom stereocenters. The van der Waals surface area contributed by atoms with Crippen LogP contribution in [0.2, 0.25) is 0 Å². The van der Waals surface area contributed by atoms with Crippen LogP contribution in [0.3, 0.4) is 0 Å². The first-order valence-corrected chi connectivity index (χ1v) is 8.97. The molecule has 2 fully saturated rings. The number of nitrogens with zero attached hydrogens (tertiary/aromatic N) is 1. The number of rotatable bonds is 2. The Hall–Kier alpha value is 0.620. The number of hydrogen-bond acceptors (Lipinski definition) is 4. The van der Waals surface area contributed by atoms with Crippen LogP contribution >= 0.6 is 23.5 Å². The molecule has 2 aliphatic heterocycles. The molecule has 0 aliphatic carbocycles. The molecule has 2 saturated heterocycles. The minimum atomic E-state index is 0.219. The molecule has 100 valence electrons. The number of thioether (sulfide) groups is 2. The highest BCUT2D eigenvalue weighted by Gasteiger charge is 2.51. The van der Waals surface area contributed by atoms with E-state index in [-0.39, 0.29) is 5.54 Å². The zero-order valence-corrected chi connectivity index (χ0v) is 13.0. The summed E-state index contributed by atoms with van der Waals surface area (Å²) in [6.45, 7) is 9.25. The van der Waals surface area contributed by atoms with E-state index in [1.54, 1.807) is 0 Å². The average molecular weight is 274 g/mol. The first kappa shape index (κ1) is 14.0. The molecule has 0 radical (unpaired) electrons. The molecule has 2 nitrogen and oxygen atoms in total. The van der Waals surface area contributed by atoms with Crippen LogP contribution in [-0.4, -0.2) is 52.6 Å². The fraction of sp³-hybridized carbons (Fsp3) is 1.00. The summed E-state index contributed by atoms with van der Waals surface area (Å²) in [6, 6.07) is 0.676.